The number of para-hydroxylation sites is 1. The fourth-order valence-electron chi connectivity index (χ4n) is 1.66. The Kier molecular flexibility index (Phi) is 3.52. The molecule has 8 heteroatoms. The Morgan fingerprint density at radius 2 is 1.86 bits per heavy atom. The summed E-state index contributed by atoms with van der Waals surface area (Å²) in [4.78, 5) is 12.2. The van der Waals surface area contributed by atoms with Crippen LogP contribution in [0.5, 0.6) is 11.9 Å². The van der Waals surface area contributed by atoms with Gasteiger partial charge in [0, 0.05) is 12.4 Å². The van der Waals surface area contributed by atoms with Crippen molar-refractivity contribution in [3.05, 3.63) is 54.7 Å². The van der Waals surface area contributed by atoms with E-state index in [-0.39, 0.29) is 16.9 Å². The summed E-state index contributed by atoms with van der Waals surface area (Å²) in [7, 11) is 0. The van der Waals surface area contributed by atoms with Gasteiger partial charge in [-0.3, -0.25) is 0 Å². The van der Waals surface area contributed by atoms with E-state index in [4.69, 9.17) is 22.7 Å². The molecule has 0 fully saturated rings. The molecule has 2 heterocycles. The zero-order valence-electron chi connectivity index (χ0n) is 10.7. The zero-order valence-corrected chi connectivity index (χ0v) is 11.6. The molecule has 2 aromatic heterocycles. The standard InChI is InChI=1S/C13H10N6OS/c14-11(21)10-12(16-7-6-15-10)20-13-17-8-19(18-13)9-4-2-1-3-5-9/h1-8H,(H2,14,21). The van der Waals surface area contributed by atoms with Gasteiger partial charge in [0.15, 0.2) is 5.69 Å². The fourth-order valence-corrected chi connectivity index (χ4v) is 1.80. The third-order valence-electron chi connectivity index (χ3n) is 2.58. The molecule has 0 saturated heterocycles. The van der Waals surface area contributed by atoms with Crippen LogP contribution in [0.25, 0.3) is 5.69 Å². The highest BCUT2D eigenvalue weighted by atomic mass is 32.1. The summed E-state index contributed by atoms with van der Waals surface area (Å²) in [5.41, 5.74) is 6.73. The maximum Gasteiger partial charge on any atom is 0.342 e. The highest BCUT2D eigenvalue weighted by Gasteiger charge is 2.13. The predicted molar refractivity (Wildman–Crippen MR) is 79.4 cm³/mol. The van der Waals surface area contributed by atoms with Gasteiger partial charge in [-0.2, -0.15) is 4.98 Å². The van der Waals surface area contributed by atoms with E-state index in [0.717, 1.165) is 5.69 Å². The molecule has 0 bridgehead atoms. The molecule has 7 nitrogen and oxygen atoms in total. The van der Waals surface area contributed by atoms with E-state index in [1.807, 2.05) is 30.3 Å². The molecule has 104 valence electrons. The van der Waals surface area contributed by atoms with Gasteiger partial charge in [0.25, 0.3) is 5.88 Å². The van der Waals surface area contributed by atoms with Gasteiger partial charge >= 0.3 is 6.01 Å². The molecule has 1 aromatic carbocycles. The van der Waals surface area contributed by atoms with Crippen molar-refractivity contribution < 1.29 is 4.74 Å². The first kappa shape index (κ1) is 13.1. The van der Waals surface area contributed by atoms with Crippen LogP contribution in [-0.2, 0) is 0 Å². The predicted octanol–water partition coefficient (Wildman–Crippen LogP) is 1.48. The second-order valence-electron chi connectivity index (χ2n) is 3.98. The van der Waals surface area contributed by atoms with Crippen LogP contribution in [0, 0.1) is 0 Å². The van der Waals surface area contributed by atoms with Crippen molar-refractivity contribution in [3.63, 3.8) is 0 Å². The van der Waals surface area contributed by atoms with Crippen LogP contribution in [0.1, 0.15) is 5.69 Å². The van der Waals surface area contributed by atoms with Gasteiger partial charge in [-0.1, -0.05) is 30.4 Å². The molecule has 3 aromatic rings. The largest absolute Gasteiger partial charge is 0.402 e. The number of hydrogen-bond acceptors (Lipinski definition) is 6. The van der Waals surface area contributed by atoms with Crippen LogP contribution < -0.4 is 10.5 Å². The molecule has 0 aliphatic carbocycles. The van der Waals surface area contributed by atoms with E-state index in [1.165, 1.54) is 12.4 Å². The van der Waals surface area contributed by atoms with Crippen LogP contribution in [0.4, 0.5) is 0 Å². The molecule has 2 N–H and O–H groups in total. The summed E-state index contributed by atoms with van der Waals surface area (Å²) in [5.74, 6) is 0.177. The van der Waals surface area contributed by atoms with E-state index in [9.17, 15) is 0 Å². The molecule has 0 aliphatic heterocycles. The number of hydrogen-bond donors (Lipinski definition) is 1. The maximum absolute atomic E-state index is 5.57. The minimum atomic E-state index is 0.0978. The van der Waals surface area contributed by atoms with Gasteiger partial charge in [0.05, 0.1) is 5.69 Å². The summed E-state index contributed by atoms with van der Waals surface area (Å²) in [6.07, 6.45) is 4.50. The van der Waals surface area contributed by atoms with Crippen molar-refractivity contribution in [2.45, 2.75) is 0 Å². The number of nitrogens with two attached hydrogens (primary N) is 1. The van der Waals surface area contributed by atoms with Gasteiger partial charge in [0.1, 0.15) is 11.3 Å². The Morgan fingerprint density at radius 1 is 1.10 bits per heavy atom. The van der Waals surface area contributed by atoms with Crippen LogP contribution >= 0.6 is 12.2 Å². The van der Waals surface area contributed by atoms with E-state index in [0.29, 0.717) is 5.69 Å². The summed E-state index contributed by atoms with van der Waals surface area (Å²) in [6.45, 7) is 0. The quantitative estimate of drug-likeness (QED) is 0.729. The lowest BCUT2D eigenvalue weighted by molar-refractivity contribution is 0.421. The van der Waals surface area contributed by atoms with Gasteiger partial charge in [-0.25, -0.2) is 14.6 Å². The molecule has 3 rings (SSSR count). The van der Waals surface area contributed by atoms with E-state index >= 15 is 0 Å². The number of benzene rings is 1. The lowest BCUT2D eigenvalue weighted by Gasteiger charge is -2.04. The highest BCUT2D eigenvalue weighted by molar-refractivity contribution is 7.80. The normalized spacial score (nSPS) is 10.3. The minimum absolute atomic E-state index is 0.0978. The van der Waals surface area contributed by atoms with Crippen molar-refractivity contribution in [1.29, 1.82) is 0 Å². The molecule has 0 amide bonds. The van der Waals surface area contributed by atoms with Crippen molar-refractivity contribution in [2.75, 3.05) is 0 Å². The van der Waals surface area contributed by atoms with Crippen molar-refractivity contribution in [2.24, 2.45) is 5.73 Å². The van der Waals surface area contributed by atoms with Crippen LogP contribution in [0.3, 0.4) is 0 Å². The van der Waals surface area contributed by atoms with Crippen molar-refractivity contribution in [1.82, 2.24) is 24.7 Å². The maximum atomic E-state index is 5.57. The first-order chi connectivity index (χ1) is 10.2. The third-order valence-corrected chi connectivity index (χ3v) is 2.77. The number of nitrogens with zero attached hydrogens (tertiary/aromatic N) is 5. The molecule has 0 spiro atoms. The number of thiocarbonyl (C=S) groups is 1. The summed E-state index contributed by atoms with van der Waals surface area (Å²) >= 11 is 4.90. The van der Waals surface area contributed by atoms with E-state index in [1.54, 1.807) is 11.0 Å². The average molecular weight is 298 g/mol. The smallest absolute Gasteiger partial charge is 0.342 e. The Morgan fingerprint density at radius 3 is 2.62 bits per heavy atom. The lowest BCUT2D eigenvalue weighted by atomic mass is 10.3. The molecule has 0 aliphatic rings. The molecule has 0 radical (unpaired) electrons. The van der Waals surface area contributed by atoms with Crippen LogP contribution in [0.15, 0.2) is 49.1 Å². The second kappa shape index (κ2) is 5.63. The molecule has 0 unspecified atom stereocenters. The zero-order chi connectivity index (χ0) is 14.7. The Labute approximate surface area is 125 Å². The third kappa shape index (κ3) is 2.84. The average Bonchev–Trinajstić information content (AvgIpc) is 2.97. The molecule has 0 saturated carbocycles. The monoisotopic (exact) mass is 298 g/mol. The fraction of sp³-hybridized carbons (Fsp3) is 0. The van der Waals surface area contributed by atoms with Gasteiger partial charge in [0.2, 0.25) is 0 Å². The highest BCUT2D eigenvalue weighted by Crippen LogP contribution is 2.18. The van der Waals surface area contributed by atoms with Crippen LogP contribution in [-0.4, -0.2) is 29.7 Å². The summed E-state index contributed by atoms with van der Waals surface area (Å²) in [6, 6.07) is 9.68. The first-order valence-corrected chi connectivity index (χ1v) is 6.40. The minimum Gasteiger partial charge on any atom is -0.402 e. The topological polar surface area (TPSA) is 91.7 Å². The van der Waals surface area contributed by atoms with Gasteiger partial charge in [-0.15, -0.1) is 5.10 Å². The molecular formula is C13H10N6OS. The van der Waals surface area contributed by atoms with Crippen LogP contribution in [0.2, 0.25) is 0 Å². The lowest BCUT2D eigenvalue weighted by Crippen LogP contribution is -2.13. The Balaban J connectivity index is 1.87. The second-order valence-corrected chi connectivity index (χ2v) is 4.42. The summed E-state index contributed by atoms with van der Waals surface area (Å²) in [5, 5.41) is 4.21. The Bertz CT molecular complexity index is 773. The van der Waals surface area contributed by atoms with Crippen molar-refractivity contribution >= 4 is 17.2 Å². The Hall–Kier alpha value is -2.87. The summed E-state index contributed by atoms with van der Waals surface area (Å²) < 4.78 is 7.08. The molecule has 21 heavy (non-hydrogen) atoms. The number of rotatable bonds is 4. The van der Waals surface area contributed by atoms with E-state index < -0.39 is 0 Å². The van der Waals surface area contributed by atoms with Gasteiger partial charge < -0.3 is 10.5 Å². The number of ether oxygens (including phenoxy) is 1. The first-order valence-electron chi connectivity index (χ1n) is 6.00. The molecule has 0 atom stereocenters. The molecular weight excluding hydrogens is 288 g/mol. The van der Waals surface area contributed by atoms with E-state index in [2.05, 4.69) is 20.1 Å². The number of aromatic nitrogens is 5. The van der Waals surface area contributed by atoms with Gasteiger partial charge in [-0.05, 0) is 12.1 Å². The SMILES string of the molecule is NC(=S)c1nccnc1Oc1ncn(-c2ccccc2)n1. The van der Waals surface area contributed by atoms with Crippen molar-refractivity contribution in [3.8, 4) is 17.6 Å².